The average molecular weight is 795 g/mol. The Kier molecular flexibility index (Phi) is 10.9. The Morgan fingerprint density at radius 3 is 2.47 bits per heavy atom. The Morgan fingerprint density at radius 2 is 1.85 bits per heavy atom. The molecule has 2 aliphatic carbocycles. The fraction of sp³-hybridized carbons (Fsp3) is 0.457. The maximum atomic E-state index is 16.0. The zero-order chi connectivity index (χ0) is 39.9. The SMILES string of the molecule is CC(C)(C)CCN=C(N)N(C(=O)c1ccc(-c2cnn(C3CC3)n2)cc1F)[C@H](COC(=O)NC1(C(F)(F)F)CC1)c1ccc(Cl)c(-c2ncnn2C(F)F)c1. The molecule has 20 heteroatoms. The quantitative estimate of drug-likeness (QED) is 0.0849. The summed E-state index contributed by atoms with van der Waals surface area (Å²) in [5.41, 5.74) is 3.90. The highest BCUT2D eigenvalue weighted by Gasteiger charge is 2.64. The van der Waals surface area contributed by atoms with E-state index < -0.39 is 60.3 Å². The van der Waals surface area contributed by atoms with Gasteiger partial charge in [0, 0.05) is 17.7 Å². The molecule has 294 valence electrons. The second kappa shape index (κ2) is 15.1. The van der Waals surface area contributed by atoms with Crippen LogP contribution in [0, 0.1) is 11.2 Å². The van der Waals surface area contributed by atoms with Crippen molar-refractivity contribution >= 4 is 29.6 Å². The largest absolute Gasteiger partial charge is 0.447 e. The van der Waals surface area contributed by atoms with E-state index in [1.165, 1.54) is 41.3 Å². The Morgan fingerprint density at radius 1 is 1.13 bits per heavy atom. The number of amides is 2. The summed E-state index contributed by atoms with van der Waals surface area (Å²) >= 11 is 6.42. The number of alkyl carbamates (subject to hydrolysis) is 1. The number of nitrogens with zero attached hydrogens (tertiary/aromatic N) is 8. The number of hydrogen-bond acceptors (Lipinski definition) is 8. The maximum Gasteiger partial charge on any atom is 0.411 e. The van der Waals surface area contributed by atoms with Crippen molar-refractivity contribution in [1.82, 2.24) is 40.0 Å². The molecule has 0 radical (unpaired) electrons. The van der Waals surface area contributed by atoms with Crippen LogP contribution in [0.15, 0.2) is 53.9 Å². The number of alkyl halides is 5. The fourth-order valence-electron chi connectivity index (χ4n) is 5.67. The Bertz CT molecular complexity index is 2090. The van der Waals surface area contributed by atoms with Crippen LogP contribution in [0.5, 0.6) is 0 Å². The topological polar surface area (TPSA) is 158 Å². The van der Waals surface area contributed by atoms with Crippen molar-refractivity contribution in [2.45, 2.75) is 83.2 Å². The van der Waals surface area contributed by atoms with E-state index in [1.54, 1.807) is 0 Å². The Hall–Kier alpha value is -5.20. The van der Waals surface area contributed by atoms with E-state index in [2.05, 4.69) is 25.3 Å². The highest BCUT2D eigenvalue weighted by atomic mass is 35.5. The Labute approximate surface area is 315 Å². The minimum absolute atomic E-state index is 0.0315. The molecule has 0 spiro atoms. The number of nitrogens with two attached hydrogens (primary N) is 1. The zero-order valence-electron chi connectivity index (χ0n) is 29.8. The van der Waals surface area contributed by atoms with Gasteiger partial charge >= 0.3 is 18.8 Å². The summed E-state index contributed by atoms with van der Waals surface area (Å²) in [4.78, 5) is 38.0. The Balaban J connectivity index is 1.42. The van der Waals surface area contributed by atoms with Crippen molar-refractivity contribution in [3.8, 4) is 22.6 Å². The standard InChI is InChI=1S/C35H37ClF6N10O3/c1-33(2,3)12-13-44-31(43)50(29(53)22-8-4-19(15-25(22)37)26-16-46-52(49-26)21-6-7-21)27(17-55-32(54)48-34(10-11-34)35(40,41)42)20-5-9-24(36)23(14-20)28-45-18-47-51(28)30(38)39/h4-5,8-9,14-16,18,21,27,30H,6-7,10-13,17H2,1-3H3,(H2,43,44)(H,48,54)/t27-/m1/s1. The molecular formula is C35H37ClF6N10O3. The third kappa shape index (κ3) is 8.87. The molecule has 2 aromatic heterocycles. The number of guanidine groups is 1. The van der Waals surface area contributed by atoms with Gasteiger partial charge in [-0.1, -0.05) is 44.5 Å². The number of ether oxygens (including phenoxy) is 1. The molecule has 13 nitrogen and oxygen atoms in total. The van der Waals surface area contributed by atoms with Gasteiger partial charge in [0.15, 0.2) is 11.8 Å². The van der Waals surface area contributed by atoms with Crippen LogP contribution in [0.1, 0.15) is 87.4 Å². The van der Waals surface area contributed by atoms with Crippen LogP contribution in [-0.4, -0.2) is 77.5 Å². The van der Waals surface area contributed by atoms with Crippen LogP contribution in [0.25, 0.3) is 22.6 Å². The highest BCUT2D eigenvalue weighted by Crippen LogP contribution is 2.49. The van der Waals surface area contributed by atoms with Gasteiger partial charge in [-0.05, 0) is 67.3 Å². The predicted molar refractivity (Wildman–Crippen MR) is 187 cm³/mol. The number of hydrogen-bond donors (Lipinski definition) is 2. The smallest absolute Gasteiger partial charge is 0.411 e. The van der Waals surface area contributed by atoms with E-state index in [-0.39, 0.29) is 52.8 Å². The fourth-order valence-corrected chi connectivity index (χ4v) is 5.87. The second-order valence-electron chi connectivity index (χ2n) is 14.6. The molecule has 0 saturated heterocycles. The lowest BCUT2D eigenvalue weighted by Gasteiger charge is -2.32. The van der Waals surface area contributed by atoms with Crippen molar-refractivity contribution in [2.24, 2.45) is 16.1 Å². The predicted octanol–water partition coefficient (Wildman–Crippen LogP) is 7.48. The number of carbonyl (C=O) groups excluding carboxylic acids is 2. The number of aromatic nitrogens is 6. The molecule has 2 fully saturated rings. The molecule has 2 aliphatic rings. The van der Waals surface area contributed by atoms with Crippen LogP contribution in [0.4, 0.5) is 31.1 Å². The molecule has 6 rings (SSSR count). The minimum Gasteiger partial charge on any atom is -0.447 e. The molecule has 0 aliphatic heterocycles. The lowest BCUT2D eigenvalue weighted by atomic mass is 9.92. The summed E-state index contributed by atoms with van der Waals surface area (Å²) in [5.74, 6) is -2.89. The minimum atomic E-state index is -4.76. The van der Waals surface area contributed by atoms with Crippen molar-refractivity contribution in [3.63, 3.8) is 0 Å². The maximum absolute atomic E-state index is 16.0. The summed E-state index contributed by atoms with van der Waals surface area (Å²) in [7, 11) is 0. The van der Waals surface area contributed by atoms with Gasteiger partial charge in [0.2, 0.25) is 0 Å². The highest BCUT2D eigenvalue weighted by molar-refractivity contribution is 6.33. The molecular weight excluding hydrogens is 758 g/mol. The molecule has 0 bridgehead atoms. The van der Waals surface area contributed by atoms with E-state index in [9.17, 15) is 31.5 Å². The number of carbonyl (C=O) groups is 2. The summed E-state index contributed by atoms with van der Waals surface area (Å²) in [6, 6.07) is 6.25. The molecule has 2 saturated carbocycles. The van der Waals surface area contributed by atoms with Gasteiger partial charge in [-0.3, -0.25) is 14.7 Å². The number of halogens is 7. The van der Waals surface area contributed by atoms with Crippen molar-refractivity contribution in [1.29, 1.82) is 0 Å². The van der Waals surface area contributed by atoms with E-state index >= 15 is 4.39 Å². The van der Waals surface area contributed by atoms with Crippen LogP contribution < -0.4 is 11.1 Å². The van der Waals surface area contributed by atoms with Gasteiger partial charge in [0.05, 0.1) is 28.9 Å². The van der Waals surface area contributed by atoms with Gasteiger partial charge in [-0.2, -0.15) is 46.7 Å². The molecule has 2 heterocycles. The van der Waals surface area contributed by atoms with Crippen LogP contribution in [0.3, 0.4) is 0 Å². The van der Waals surface area contributed by atoms with Crippen LogP contribution in [0.2, 0.25) is 5.02 Å². The molecule has 2 amide bonds. The summed E-state index contributed by atoms with van der Waals surface area (Å²) in [6.45, 7) is 1.93. The second-order valence-corrected chi connectivity index (χ2v) is 15.0. The monoisotopic (exact) mass is 794 g/mol. The summed E-state index contributed by atoms with van der Waals surface area (Å²) in [6.07, 6.45) is -2.30. The van der Waals surface area contributed by atoms with Gasteiger partial charge < -0.3 is 15.8 Å². The van der Waals surface area contributed by atoms with E-state index in [4.69, 9.17) is 22.1 Å². The van der Waals surface area contributed by atoms with E-state index in [0.29, 0.717) is 22.4 Å². The van der Waals surface area contributed by atoms with E-state index in [0.717, 1.165) is 30.1 Å². The lowest BCUT2D eigenvalue weighted by Crippen LogP contribution is -2.49. The molecule has 3 N–H and O–H groups in total. The third-order valence-corrected chi connectivity index (χ3v) is 9.50. The van der Waals surface area contributed by atoms with Gasteiger partial charge in [0.1, 0.15) is 30.0 Å². The molecule has 1 atom stereocenters. The van der Waals surface area contributed by atoms with Crippen molar-refractivity contribution < 1.29 is 40.7 Å². The molecule has 4 aromatic rings. The number of benzene rings is 2. The summed E-state index contributed by atoms with van der Waals surface area (Å²) in [5, 5.41) is 13.9. The molecule has 55 heavy (non-hydrogen) atoms. The van der Waals surface area contributed by atoms with Gasteiger partial charge in [-0.25, -0.2) is 14.2 Å². The number of nitrogens with one attached hydrogen (secondary N) is 1. The lowest BCUT2D eigenvalue weighted by molar-refractivity contribution is -0.164. The van der Waals surface area contributed by atoms with E-state index in [1.807, 2.05) is 26.1 Å². The first-order valence-corrected chi connectivity index (χ1v) is 17.6. The van der Waals surface area contributed by atoms with Gasteiger partial charge in [-0.15, -0.1) is 0 Å². The first-order valence-electron chi connectivity index (χ1n) is 17.2. The summed E-state index contributed by atoms with van der Waals surface area (Å²) < 4.78 is 90.4. The van der Waals surface area contributed by atoms with Crippen LogP contribution >= 0.6 is 11.6 Å². The third-order valence-electron chi connectivity index (χ3n) is 9.17. The first-order chi connectivity index (χ1) is 25.9. The molecule has 0 unspecified atom stereocenters. The number of aliphatic imine (C=N–C) groups is 1. The zero-order valence-corrected chi connectivity index (χ0v) is 30.6. The van der Waals surface area contributed by atoms with Crippen molar-refractivity contribution in [2.75, 3.05) is 13.2 Å². The van der Waals surface area contributed by atoms with Crippen LogP contribution in [-0.2, 0) is 4.74 Å². The first kappa shape index (κ1) is 39.5. The average Bonchev–Trinajstić information content (AvgIpc) is 4.00. The van der Waals surface area contributed by atoms with Crippen molar-refractivity contribution in [3.05, 3.63) is 70.9 Å². The number of rotatable bonds is 12. The van der Waals surface area contributed by atoms with Gasteiger partial charge in [0.25, 0.3) is 5.91 Å². The normalized spacial score (nSPS) is 16.2. The molecule has 2 aromatic carbocycles.